The molecule has 2 bridgehead atoms. The lowest BCUT2D eigenvalue weighted by atomic mass is 9.90. The van der Waals surface area contributed by atoms with Crippen molar-refractivity contribution >= 4 is 17.4 Å². The summed E-state index contributed by atoms with van der Waals surface area (Å²) in [4.78, 5) is 15.7. The molecule has 1 N–H and O–H groups in total. The largest absolute Gasteiger partial charge is 0.345 e. The van der Waals surface area contributed by atoms with E-state index in [1.807, 2.05) is 36.4 Å². The van der Waals surface area contributed by atoms with E-state index in [0.29, 0.717) is 4.88 Å². The van der Waals surface area contributed by atoms with Gasteiger partial charge < -0.3 is 10.2 Å². The van der Waals surface area contributed by atoms with Crippen molar-refractivity contribution in [3.05, 3.63) is 41.3 Å². The van der Waals surface area contributed by atoms with Crippen LogP contribution in [0.2, 0.25) is 0 Å². The Morgan fingerprint density at radius 2 is 2.09 bits per heavy atom. The Kier molecular flexibility index (Phi) is 3.47. The van der Waals surface area contributed by atoms with Crippen molar-refractivity contribution in [2.45, 2.75) is 24.8 Å². The molecule has 4 nitrogen and oxygen atoms in total. The molecule has 2 aromatic rings. The van der Waals surface area contributed by atoms with Gasteiger partial charge in [0.1, 0.15) is 4.88 Å². The Hall–Kier alpha value is -1.72. The van der Waals surface area contributed by atoms with Crippen LogP contribution in [0.5, 0.6) is 0 Å². The predicted molar refractivity (Wildman–Crippen MR) is 88.0 cm³/mol. The number of aromatic nitrogens is 1. The van der Waals surface area contributed by atoms with E-state index < -0.39 is 0 Å². The van der Waals surface area contributed by atoms with E-state index >= 15 is 0 Å². The normalized spacial score (nSPS) is 26.8. The van der Waals surface area contributed by atoms with Gasteiger partial charge in [-0.25, -0.2) is 0 Å². The van der Waals surface area contributed by atoms with E-state index in [4.69, 9.17) is 0 Å². The van der Waals surface area contributed by atoms with Gasteiger partial charge in [0.05, 0.1) is 11.2 Å². The van der Waals surface area contributed by atoms with Crippen LogP contribution < -0.4 is 5.32 Å². The van der Waals surface area contributed by atoms with E-state index in [0.717, 1.165) is 37.2 Å². The summed E-state index contributed by atoms with van der Waals surface area (Å²) in [7, 11) is 0. The second-order valence-electron chi connectivity index (χ2n) is 6.31. The zero-order chi connectivity index (χ0) is 15.0. The number of fused-ring (bicyclic) bond motifs is 2. The standard InChI is InChI=1S/C17H19N3OS/c21-16(18-17-7-4-9-20(12-17)10-8-17)15-11-14(19-22-15)13-5-2-1-3-6-13/h1-3,5-6,11H,4,7-10,12H2,(H,18,21). The van der Waals surface area contributed by atoms with Gasteiger partial charge in [0.15, 0.2) is 0 Å². The highest BCUT2D eigenvalue weighted by molar-refractivity contribution is 7.08. The molecule has 2 saturated heterocycles. The summed E-state index contributed by atoms with van der Waals surface area (Å²) in [5.41, 5.74) is 1.93. The Balaban J connectivity index is 1.51. The molecule has 2 aliphatic rings. The second-order valence-corrected chi connectivity index (χ2v) is 7.11. The smallest absolute Gasteiger partial charge is 0.263 e. The first-order valence-corrected chi connectivity index (χ1v) is 8.59. The van der Waals surface area contributed by atoms with Gasteiger partial charge in [0.25, 0.3) is 5.91 Å². The molecule has 2 atom stereocenters. The fourth-order valence-electron chi connectivity index (χ4n) is 3.59. The third kappa shape index (κ3) is 2.55. The number of amides is 1. The second kappa shape index (κ2) is 5.48. The van der Waals surface area contributed by atoms with Crippen LogP contribution in [0.25, 0.3) is 11.3 Å². The van der Waals surface area contributed by atoms with Gasteiger partial charge in [-0.1, -0.05) is 30.3 Å². The minimum atomic E-state index is -0.00770. The Bertz CT molecular complexity index is 680. The number of benzene rings is 1. The van der Waals surface area contributed by atoms with E-state index in [1.165, 1.54) is 24.5 Å². The highest BCUT2D eigenvalue weighted by atomic mass is 32.1. The zero-order valence-electron chi connectivity index (χ0n) is 12.4. The Morgan fingerprint density at radius 3 is 2.95 bits per heavy atom. The zero-order valence-corrected chi connectivity index (χ0v) is 13.2. The van der Waals surface area contributed by atoms with Crippen molar-refractivity contribution in [3.63, 3.8) is 0 Å². The molecular formula is C17H19N3OS. The summed E-state index contributed by atoms with van der Waals surface area (Å²) in [6, 6.07) is 11.9. The number of hydrogen-bond donors (Lipinski definition) is 1. The quantitative estimate of drug-likeness (QED) is 0.948. The number of nitrogens with zero attached hydrogens (tertiary/aromatic N) is 2. The topological polar surface area (TPSA) is 45.2 Å². The van der Waals surface area contributed by atoms with E-state index in [2.05, 4.69) is 14.6 Å². The molecule has 1 aromatic carbocycles. The van der Waals surface area contributed by atoms with Gasteiger partial charge in [0.2, 0.25) is 0 Å². The highest BCUT2D eigenvalue weighted by Crippen LogP contribution is 2.32. The van der Waals surface area contributed by atoms with Gasteiger partial charge in [-0.15, -0.1) is 0 Å². The van der Waals surface area contributed by atoms with Gasteiger partial charge in [-0.05, 0) is 43.4 Å². The van der Waals surface area contributed by atoms with Crippen LogP contribution in [0.3, 0.4) is 0 Å². The third-order valence-electron chi connectivity index (χ3n) is 4.74. The SMILES string of the molecule is O=C(NC12CCCN(CC1)C2)c1cc(-c2ccccc2)ns1. The number of nitrogens with one attached hydrogen (secondary N) is 1. The van der Waals surface area contributed by atoms with Gasteiger partial charge in [-0.3, -0.25) is 4.79 Å². The fourth-order valence-corrected chi connectivity index (χ4v) is 4.24. The minimum absolute atomic E-state index is 0.00770. The van der Waals surface area contributed by atoms with Gasteiger partial charge in [0, 0.05) is 18.7 Å². The average Bonchev–Trinajstić information content (AvgIpc) is 3.14. The summed E-state index contributed by atoms with van der Waals surface area (Å²) in [5, 5.41) is 3.29. The lowest BCUT2D eigenvalue weighted by molar-refractivity contribution is 0.0882. The molecule has 0 aliphatic carbocycles. The molecule has 4 rings (SSSR count). The summed E-state index contributed by atoms with van der Waals surface area (Å²) < 4.78 is 4.43. The number of piperidine rings is 1. The molecule has 0 saturated carbocycles. The molecule has 2 aliphatic heterocycles. The van der Waals surface area contributed by atoms with Crippen molar-refractivity contribution in [3.8, 4) is 11.3 Å². The van der Waals surface area contributed by atoms with Crippen molar-refractivity contribution in [2.24, 2.45) is 0 Å². The molecule has 1 amide bonds. The lowest BCUT2D eigenvalue weighted by Crippen LogP contribution is -2.52. The highest BCUT2D eigenvalue weighted by Gasteiger charge is 2.42. The molecule has 5 heteroatoms. The number of hydrogen-bond acceptors (Lipinski definition) is 4. The molecular weight excluding hydrogens is 294 g/mol. The van der Waals surface area contributed by atoms with Gasteiger partial charge in [-0.2, -0.15) is 4.37 Å². The van der Waals surface area contributed by atoms with Crippen LogP contribution in [0.4, 0.5) is 0 Å². The van der Waals surface area contributed by atoms with Crippen LogP contribution in [-0.4, -0.2) is 40.4 Å². The maximum absolute atomic E-state index is 12.6. The molecule has 114 valence electrons. The van der Waals surface area contributed by atoms with Crippen molar-refractivity contribution < 1.29 is 4.79 Å². The summed E-state index contributed by atoms with van der Waals surface area (Å²) >= 11 is 1.29. The molecule has 2 unspecified atom stereocenters. The maximum atomic E-state index is 12.6. The Labute approximate surface area is 134 Å². The molecule has 0 spiro atoms. The van der Waals surface area contributed by atoms with Gasteiger partial charge >= 0.3 is 0 Å². The molecule has 1 aromatic heterocycles. The maximum Gasteiger partial charge on any atom is 0.263 e. The first kappa shape index (κ1) is 13.9. The van der Waals surface area contributed by atoms with E-state index in [1.54, 1.807) is 0 Å². The van der Waals surface area contributed by atoms with Crippen LogP contribution >= 0.6 is 11.5 Å². The van der Waals surface area contributed by atoms with E-state index in [-0.39, 0.29) is 11.4 Å². The third-order valence-corrected chi connectivity index (χ3v) is 5.53. The predicted octanol–water partition coefficient (Wildman–Crippen LogP) is 2.78. The van der Waals surface area contributed by atoms with E-state index in [9.17, 15) is 4.79 Å². The lowest BCUT2D eigenvalue weighted by Gasteiger charge is -2.34. The summed E-state index contributed by atoms with van der Waals surface area (Å²) in [6.07, 6.45) is 3.35. The van der Waals surface area contributed by atoms with Crippen LogP contribution in [0.1, 0.15) is 28.9 Å². The number of carbonyl (C=O) groups is 1. The Morgan fingerprint density at radius 1 is 1.23 bits per heavy atom. The van der Waals surface area contributed by atoms with Crippen LogP contribution in [0.15, 0.2) is 36.4 Å². The number of rotatable bonds is 3. The monoisotopic (exact) mass is 313 g/mol. The first-order valence-electron chi connectivity index (χ1n) is 7.81. The molecule has 3 heterocycles. The van der Waals surface area contributed by atoms with Crippen molar-refractivity contribution in [2.75, 3.05) is 19.6 Å². The summed E-state index contributed by atoms with van der Waals surface area (Å²) in [5.74, 6) is 0.0310. The molecule has 22 heavy (non-hydrogen) atoms. The first-order chi connectivity index (χ1) is 10.7. The molecule has 2 fully saturated rings. The fraction of sp³-hybridized carbons (Fsp3) is 0.412. The number of carbonyl (C=O) groups excluding carboxylic acids is 1. The van der Waals surface area contributed by atoms with Crippen LogP contribution in [-0.2, 0) is 0 Å². The minimum Gasteiger partial charge on any atom is -0.345 e. The molecule has 0 radical (unpaired) electrons. The van der Waals surface area contributed by atoms with Crippen molar-refractivity contribution in [1.82, 2.24) is 14.6 Å². The summed E-state index contributed by atoms with van der Waals surface area (Å²) in [6.45, 7) is 3.29. The average molecular weight is 313 g/mol. The van der Waals surface area contributed by atoms with Crippen LogP contribution in [0, 0.1) is 0 Å². The van der Waals surface area contributed by atoms with Crippen molar-refractivity contribution in [1.29, 1.82) is 0 Å².